The molecule has 0 atom stereocenters. The van der Waals surface area contributed by atoms with Crippen LogP contribution in [0.2, 0.25) is 0 Å². The Bertz CT molecular complexity index is 208. The zero-order chi connectivity index (χ0) is 11.1. The fourth-order valence-electron chi connectivity index (χ4n) is 4.08. The molecule has 88 valence electrons. The molecule has 0 aromatic carbocycles. The van der Waals surface area contributed by atoms with Gasteiger partial charge in [-0.25, -0.2) is 0 Å². The molecular weight excluding hydrogens is 182 g/mol. The van der Waals surface area contributed by atoms with Crippen molar-refractivity contribution in [1.82, 2.24) is 4.90 Å². The number of rotatable bonds is 3. The van der Waals surface area contributed by atoms with Gasteiger partial charge in [-0.3, -0.25) is 0 Å². The molecule has 15 heavy (non-hydrogen) atoms. The highest BCUT2D eigenvalue weighted by molar-refractivity contribution is 5.00. The van der Waals surface area contributed by atoms with Gasteiger partial charge in [0.2, 0.25) is 0 Å². The van der Waals surface area contributed by atoms with Gasteiger partial charge in [0, 0.05) is 0 Å². The molecule has 0 aromatic rings. The van der Waals surface area contributed by atoms with Crippen molar-refractivity contribution in [1.29, 1.82) is 0 Å². The van der Waals surface area contributed by atoms with Crippen molar-refractivity contribution in [2.75, 3.05) is 19.6 Å². The van der Waals surface area contributed by atoms with Gasteiger partial charge >= 0.3 is 0 Å². The minimum absolute atomic E-state index is 0.549. The molecule has 0 amide bonds. The molecule has 3 aliphatic heterocycles. The molecule has 3 fully saturated rings. The maximum absolute atomic E-state index is 2.65. The summed E-state index contributed by atoms with van der Waals surface area (Å²) in [6, 6.07) is 0. The molecule has 1 nitrogen and oxygen atoms in total. The summed E-state index contributed by atoms with van der Waals surface area (Å²) < 4.78 is 0. The highest BCUT2D eigenvalue weighted by Gasteiger charge is 2.49. The summed E-state index contributed by atoms with van der Waals surface area (Å²) in [4.78, 5) is 2.65. The first-order chi connectivity index (χ1) is 6.95. The highest BCUT2D eigenvalue weighted by atomic mass is 15.1. The van der Waals surface area contributed by atoms with Gasteiger partial charge < -0.3 is 4.90 Å². The van der Waals surface area contributed by atoms with E-state index in [0.717, 1.165) is 5.92 Å². The summed E-state index contributed by atoms with van der Waals surface area (Å²) in [5.41, 5.74) is 1.22. The highest BCUT2D eigenvalue weighted by Crippen LogP contribution is 2.55. The van der Waals surface area contributed by atoms with Crippen LogP contribution < -0.4 is 0 Å². The quantitative estimate of drug-likeness (QED) is 0.687. The van der Waals surface area contributed by atoms with Crippen molar-refractivity contribution >= 4 is 0 Å². The minimum atomic E-state index is 0.549. The van der Waals surface area contributed by atoms with Gasteiger partial charge in [0.1, 0.15) is 0 Å². The smallest absolute Gasteiger partial charge is 0.00132 e. The fraction of sp³-hybridized carbons (Fsp3) is 1.00. The van der Waals surface area contributed by atoms with E-state index < -0.39 is 0 Å². The third-order valence-corrected chi connectivity index (χ3v) is 5.07. The van der Waals surface area contributed by atoms with Gasteiger partial charge in [-0.1, -0.05) is 27.7 Å². The summed E-state index contributed by atoms with van der Waals surface area (Å²) in [5, 5.41) is 0. The van der Waals surface area contributed by atoms with E-state index in [0.29, 0.717) is 10.8 Å². The first-order valence-electron chi connectivity index (χ1n) is 6.68. The van der Waals surface area contributed by atoms with Gasteiger partial charge in [0.05, 0.1) is 0 Å². The van der Waals surface area contributed by atoms with E-state index in [-0.39, 0.29) is 0 Å². The number of hydrogen-bond acceptors (Lipinski definition) is 1. The zero-order valence-electron chi connectivity index (χ0n) is 11.0. The molecule has 0 aromatic heterocycles. The van der Waals surface area contributed by atoms with Crippen molar-refractivity contribution in [2.24, 2.45) is 16.7 Å². The Morgan fingerprint density at radius 3 is 1.93 bits per heavy atom. The lowest BCUT2D eigenvalue weighted by molar-refractivity contribution is -0.0697. The second kappa shape index (κ2) is 3.76. The fourth-order valence-corrected chi connectivity index (χ4v) is 4.08. The molecule has 0 saturated carbocycles. The van der Waals surface area contributed by atoms with Gasteiger partial charge in [0.25, 0.3) is 0 Å². The first kappa shape index (κ1) is 11.4. The molecule has 0 aliphatic carbocycles. The van der Waals surface area contributed by atoms with Crippen LogP contribution in [-0.2, 0) is 0 Å². The maximum Gasteiger partial charge on any atom is -0.00132 e. The Labute approximate surface area is 95.2 Å². The van der Waals surface area contributed by atoms with E-state index in [1.807, 2.05) is 0 Å². The summed E-state index contributed by atoms with van der Waals surface area (Å²) in [5.74, 6) is 0.842. The largest absolute Gasteiger partial charge is 0.303 e. The topological polar surface area (TPSA) is 3.24 Å². The van der Waals surface area contributed by atoms with Crippen LogP contribution in [-0.4, -0.2) is 24.5 Å². The van der Waals surface area contributed by atoms with E-state index in [4.69, 9.17) is 0 Å². The van der Waals surface area contributed by atoms with E-state index in [9.17, 15) is 0 Å². The normalized spacial score (nSPS) is 36.2. The van der Waals surface area contributed by atoms with Crippen molar-refractivity contribution in [2.45, 2.75) is 53.4 Å². The average molecular weight is 209 g/mol. The number of hydrogen-bond donors (Lipinski definition) is 0. The summed E-state index contributed by atoms with van der Waals surface area (Å²) >= 11 is 0. The number of fused-ring (bicyclic) bond motifs is 3. The summed E-state index contributed by atoms with van der Waals surface area (Å²) in [6.07, 6.45) is 5.75. The molecule has 3 heterocycles. The molecule has 3 rings (SSSR count). The van der Waals surface area contributed by atoms with E-state index in [1.54, 1.807) is 0 Å². The lowest BCUT2D eigenvalue weighted by Gasteiger charge is -2.57. The minimum Gasteiger partial charge on any atom is -0.303 e. The van der Waals surface area contributed by atoms with Crippen molar-refractivity contribution < 1.29 is 0 Å². The lowest BCUT2D eigenvalue weighted by atomic mass is 9.55. The van der Waals surface area contributed by atoms with Crippen LogP contribution in [0, 0.1) is 16.7 Å². The van der Waals surface area contributed by atoms with Crippen LogP contribution in [0.1, 0.15) is 53.4 Å². The monoisotopic (exact) mass is 209 g/mol. The SMILES string of the molecule is CC(C)CC(C)(C)C12CCN(CC1)CC2. The number of nitrogens with zero attached hydrogens (tertiary/aromatic N) is 1. The van der Waals surface area contributed by atoms with Crippen molar-refractivity contribution in [3.63, 3.8) is 0 Å². The first-order valence-corrected chi connectivity index (χ1v) is 6.68. The summed E-state index contributed by atoms with van der Waals surface area (Å²) in [6.45, 7) is 13.9. The Balaban J connectivity index is 2.12. The van der Waals surface area contributed by atoms with Crippen LogP contribution in [0.25, 0.3) is 0 Å². The molecule has 0 radical (unpaired) electrons. The molecule has 0 spiro atoms. The predicted molar refractivity (Wildman–Crippen MR) is 66.0 cm³/mol. The molecule has 3 saturated heterocycles. The Hall–Kier alpha value is -0.0400. The van der Waals surface area contributed by atoms with Crippen molar-refractivity contribution in [3.8, 4) is 0 Å². The third kappa shape index (κ3) is 1.95. The van der Waals surface area contributed by atoms with Crippen LogP contribution in [0.5, 0.6) is 0 Å². The van der Waals surface area contributed by atoms with Gasteiger partial charge in [0.15, 0.2) is 0 Å². The molecular formula is C14H27N. The molecule has 1 heteroatoms. The van der Waals surface area contributed by atoms with Crippen LogP contribution in [0.15, 0.2) is 0 Å². The van der Waals surface area contributed by atoms with Crippen LogP contribution in [0.3, 0.4) is 0 Å². The average Bonchev–Trinajstić information content (AvgIpc) is 2.18. The predicted octanol–water partition coefficient (Wildman–Crippen LogP) is 3.54. The van der Waals surface area contributed by atoms with E-state index in [1.165, 1.54) is 45.3 Å². The zero-order valence-corrected chi connectivity index (χ0v) is 11.0. The van der Waals surface area contributed by atoms with Gasteiger partial charge in [-0.15, -0.1) is 0 Å². The van der Waals surface area contributed by atoms with Crippen LogP contribution in [0.4, 0.5) is 0 Å². The summed E-state index contributed by atoms with van der Waals surface area (Å²) in [7, 11) is 0. The number of piperidine rings is 3. The molecule has 3 aliphatic rings. The molecule has 2 bridgehead atoms. The standard InChI is InChI=1S/C14H27N/c1-12(2)11-13(3,4)14-5-8-15(9-6-14)10-7-14/h12H,5-11H2,1-4H3. The Morgan fingerprint density at radius 1 is 1.07 bits per heavy atom. The second-order valence-electron chi connectivity index (χ2n) is 6.85. The van der Waals surface area contributed by atoms with E-state index in [2.05, 4.69) is 32.6 Å². The Morgan fingerprint density at radius 2 is 1.53 bits per heavy atom. The maximum atomic E-state index is 2.65. The Kier molecular flexibility index (Phi) is 2.87. The second-order valence-corrected chi connectivity index (χ2v) is 6.85. The van der Waals surface area contributed by atoms with E-state index >= 15 is 0 Å². The van der Waals surface area contributed by atoms with Gasteiger partial charge in [-0.2, -0.15) is 0 Å². The lowest BCUT2D eigenvalue weighted by Crippen LogP contribution is -2.54. The molecule has 0 N–H and O–H groups in total. The van der Waals surface area contributed by atoms with Crippen LogP contribution >= 0.6 is 0 Å². The third-order valence-electron chi connectivity index (χ3n) is 5.07. The molecule has 0 unspecified atom stereocenters. The van der Waals surface area contributed by atoms with Crippen molar-refractivity contribution in [3.05, 3.63) is 0 Å². The van der Waals surface area contributed by atoms with Gasteiger partial charge in [-0.05, 0) is 62.1 Å².